The lowest BCUT2D eigenvalue weighted by Gasteiger charge is -2.04. The van der Waals surface area contributed by atoms with Crippen LogP contribution in [0.15, 0.2) is 35.6 Å². The number of nitrogens with one attached hydrogen (secondary N) is 1. The van der Waals surface area contributed by atoms with Crippen molar-refractivity contribution in [2.24, 2.45) is 0 Å². The molecular formula is C13H14N6S. The minimum absolute atomic E-state index is 0.659. The third-order valence-corrected chi connectivity index (χ3v) is 3.71. The standard InChI is InChI=1S/C13H14N6S/c1-9-7-10(14-2)16-11(15-9)8-20-13-18-17-12-5-3-4-6-19(12)13/h3-7H,8H2,1-2H3,(H,14,15,16). The number of nitrogens with zero attached hydrogens (tertiary/aromatic N) is 5. The highest BCUT2D eigenvalue weighted by Crippen LogP contribution is 2.20. The van der Waals surface area contributed by atoms with Crippen molar-refractivity contribution in [3.63, 3.8) is 0 Å². The molecule has 0 spiro atoms. The van der Waals surface area contributed by atoms with E-state index in [-0.39, 0.29) is 0 Å². The third-order valence-electron chi connectivity index (χ3n) is 2.77. The van der Waals surface area contributed by atoms with Crippen LogP contribution in [0.3, 0.4) is 0 Å². The van der Waals surface area contributed by atoms with Crippen LogP contribution in [0.1, 0.15) is 11.5 Å². The molecule has 3 rings (SSSR count). The van der Waals surface area contributed by atoms with Gasteiger partial charge >= 0.3 is 0 Å². The first kappa shape index (κ1) is 12.9. The van der Waals surface area contributed by atoms with E-state index in [2.05, 4.69) is 25.5 Å². The summed E-state index contributed by atoms with van der Waals surface area (Å²) >= 11 is 1.57. The molecular weight excluding hydrogens is 272 g/mol. The van der Waals surface area contributed by atoms with Gasteiger partial charge in [-0.2, -0.15) is 0 Å². The monoisotopic (exact) mass is 286 g/mol. The lowest BCUT2D eigenvalue weighted by Crippen LogP contribution is -2.01. The first-order chi connectivity index (χ1) is 9.76. The van der Waals surface area contributed by atoms with Gasteiger partial charge in [-0.25, -0.2) is 9.97 Å². The summed E-state index contributed by atoms with van der Waals surface area (Å²) in [5, 5.41) is 12.2. The Labute approximate surface area is 120 Å². The van der Waals surface area contributed by atoms with Crippen LogP contribution in [0.5, 0.6) is 0 Å². The molecule has 0 radical (unpaired) electrons. The summed E-state index contributed by atoms with van der Waals surface area (Å²) in [6.45, 7) is 1.96. The van der Waals surface area contributed by atoms with Crippen molar-refractivity contribution in [2.75, 3.05) is 12.4 Å². The Kier molecular flexibility index (Phi) is 3.51. The van der Waals surface area contributed by atoms with Crippen molar-refractivity contribution in [1.29, 1.82) is 0 Å². The predicted octanol–water partition coefficient (Wildman–Crippen LogP) is 2.16. The normalized spacial score (nSPS) is 10.9. The first-order valence-corrected chi connectivity index (χ1v) is 7.20. The minimum atomic E-state index is 0.659. The van der Waals surface area contributed by atoms with Crippen molar-refractivity contribution >= 4 is 23.2 Å². The maximum atomic E-state index is 4.43. The topological polar surface area (TPSA) is 68.0 Å². The number of anilines is 1. The minimum Gasteiger partial charge on any atom is -0.373 e. The van der Waals surface area contributed by atoms with Gasteiger partial charge in [0.25, 0.3) is 0 Å². The van der Waals surface area contributed by atoms with Gasteiger partial charge in [0.2, 0.25) is 0 Å². The Hall–Kier alpha value is -2.15. The van der Waals surface area contributed by atoms with Gasteiger partial charge in [-0.3, -0.25) is 4.40 Å². The number of aryl methyl sites for hydroxylation is 1. The third kappa shape index (κ3) is 2.57. The molecule has 20 heavy (non-hydrogen) atoms. The van der Waals surface area contributed by atoms with Crippen LogP contribution in [0.2, 0.25) is 0 Å². The van der Waals surface area contributed by atoms with Crippen LogP contribution in [-0.4, -0.2) is 31.6 Å². The van der Waals surface area contributed by atoms with E-state index < -0.39 is 0 Å². The lowest BCUT2D eigenvalue weighted by atomic mass is 10.4. The second kappa shape index (κ2) is 5.46. The van der Waals surface area contributed by atoms with Crippen molar-refractivity contribution in [1.82, 2.24) is 24.6 Å². The Balaban J connectivity index is 1.81. The van der Waals surface area contributed by atoms with E-state index in [4.69, 9.17) is 0 Å². The number of thioether (sulfide) groups is 1. The van der Waals surface area contributed by atoms with Crippen LogP contribution < -0.4 is 5.32 Å². The van der Waals surface area contributed by atoms with Crippen LogP contribution >= 0.6 is 11.8 Å². The zero-order valence-corrected chi connectivity index (χ0v) is 12.1. The smallest absolute Gasteiger partial charge is 0.196 e. The quantitative estimate of drug-likeness (QED) is 0.741. The summed E-state index contributed by atoms with van der Waals surface area (Å²) in [6, 6.07) is 7.75. The number of aromatic nitrogens is 5. The summed E-state index contributed by atoms with van der Waals surface area (Å²) < 4.78 is 1.96. The lowest BCUT2D eigenvalue weighted by molar-refractivity contribution is 0.915. The number of pyridine rings is 1. The second-order valence-corrected chi connectivity index (χ2v) is 5.20. The molecule has 0 atom stereocenters. The second-order valence-electron chi connectivity index (χ2n) is 4.26. The largest absolute Gasteiger partial charge is 0.373 e. The van der Waals surface area contributed by atoms with E-state index in [9.17, 15) is 0 Å². The molecule has 3 heterocycles. The Morgan fingerprint density at radius 2 is 2.15 bits per heavy atom. The van der Waals surface area contributed by atoms with Crippen LogP contribution in [0, 0.1) is 6.92 Å². The van der Waals surface area contributed by atoms with Gasteiger partial charge in [0.15, 0.2) is 10.8 Å². The molecule has 0 saturated carbocycles. The van der Waals surface area contributed by atoms with Crippen LogP contribution in [0.25, 0.3) is 5.65 Å². The van der Waals surface area contributed by atoms with Gasteiger partial charge < -0.3 is 5.32 Å². The molecule has 0 amide bonds. The molecule has 0 aliphatic heterocycles. The number of hydrogen-bond donors (Lipinski definition) is 1. The van der Waals surface area contributed by atoms with Gasteiger partial charge in [0, 0.05) is 25.0 Å². The van der Waals surface area contributed by atoms with Gasteiger partial charge in [-0.05, 0) is 19.1 Å². The molecule has 1 N–H and O–H groups in total. The summed E-state index contributed by atoms with van der Waals surface area (Å²) in [7, 11) is 1.85. The maximum absolute atomic E-state index is 4.43. The maximum Gasteiger partial charge on any atom is 0.196 e. The molecule has 0 aromatic carbocycles. The van der Waals surface area contributed by atoms with E-state index in [0.717, 1.165) is 28.1 Å². The molecule has 7 heteroatoms. The SMILES string of the molecule is CNc1cc(C)nc(CSc2nnc3ccccn23)n1. The molecule has 6 nitrogen and oxygen atoms in total. The fourth-order valence-electron chi connectivity index (χ4n) is 1.87. The highest BCUT2D eigenvalue weighted by atomic mass is 32.2. The zero-order chi connectivity index (χ0) is 13.9. The summed E-state index contributed by atoms with van der Waals surface area (Å²) in [6.07, 6.45) is 1.95. The average Bonchev–Trinajstić information content (AvgIpc) is 2.88. The van der Waals surface area contributed by atoms with Crippen molar-refractivity contribution < 1.29 is 0 Å². The fourth-order valence-corrected chi connectivity index (χ4v) is 2.65. The number of rotatable bonds is 4. The molecule has 102 valence electrons. The van der Waals surface area contributed by atoms with E-state index in [1.807, 2.05) is 48.8 Å². The Morgan fingerprint density at radius 3 is 3.00 bits per heavy atom. The zero-order valence-electron chi connectivity index (χ0n) is 11.2. The number of hydrogen-bond acceptors (Lipinski definition) is 6. The summed E-state index contributed by atoms with van der Waals surface area (Å²) in [4.78, 5) is 8.86. The molecule has 0 unspecified atom stereocenters. The van der Waals surface area contributed by atoms with Crippen molar-refractivity contribution in [3.05, 3.63) is 42.0 Å². The molecule has 0 fully saturated rings. The summed E-state index contributed by atoms with van der Waals surface area (Å²) in [5.41, 5.74) is 1.79. The average molecular weight is 286 g/mol. The highest BCUT2D eigenvalue weighted by Gasteiger charge is 2.07. The van der Waals surface area contributed by atoms with Gasteiger partial charge in [-0.15, -0.1) is 10.2 Å². The Bertz CT molecular complexity index is 739. The van der Waals surface area contributed by atoms with E-state index in [0.29, 0.717) is 5.75 Å². The molecule has 3 aromatic rings. The predicted molar refractivity (Wildman–Crippen MR) is 78.9 cm³/mol. The van der Waals surface area contributed by atoms with Crippen molar-refractivity contribution in [2.45, 2.75) is 17.8 Å². The summed E-state index contributed by atoms with van der Waals surface area (Å²) in [5.74, 6) is 2.28. The molecule has 0 bridgehead atoms. The van der Waals surface area contributed by atoms with Crippen molar-refractivity contribution in [3.8, 4) is 0 Å². The van der Waals surface area contributed by atoms with E-state index >= 15 is 0 Å². The van der Waals surface area contributed by atoms with Crippen LogP contribution in [-0.2, 0) is 5.75 Å². The van der Waals surface area contributed by atoms with Gasteiger partial charge in [0.05, 0.1) is 5.75 Å². The first-order valence-electron chi connectivity index (χ1n) is 6.21. The molecule has 0 aliphatic carbocycles. The van der Waals surface area contributed by atoms with E-state index in [1.165, 1.54) is 0 Å². The highest BCUT2D eigenvalue weighted by molar-refractivity contribution is 7.98. The van der Waals surface area contributed by atoms with Gasteiger partial charge in [0.1, 0.15) is 11.6 Å². The Morgan fingerprint density at radius 1 is 1.25 bits per heavy atom. The van der Waals surface area contributed by atoms with Crippen LogP contribution in [0.4, 0.5) is 5.82 Å². The molecule has 0 saturated heterocycles. The van der Waals surface area contributed by atoms with E-state index in [1.54, 1.807) is 11.8 Å². The number of fused-ring (bicyclic) bond motifs is 1. The van der Waals surface area contributed by atoms with Gasteiger partial charge in [-0.1, -0.05) is 17.8 Å². The molecule has 0 aliphatic rings. The molecule has 3 aromatic heterocycles. The fraction of sp³-hybridized carbons (Fsp3) is 0.231.